The number of amides is 2. The Morgan fingerprint density at radius 3 is 2.40 bits per heavy atom. The molecule has 0 fully saturated rings. The van der Waals surface area contributed by atoms with Gasteiger partial charge in [0.25, 0.3) is 11.8 Å². The average molecular weight is 489 g/mol. The van der Waals surface area contributed by atoms with Gasteiger partial charge in [-0.2, -0.15) is 0 Å². The molecule has 2 amide bonds. The van der Waals surface area contributed by atoms with Crippen LogP contribution in [0.5, 0.6) is 0 Å². The summed E-state index contributed by atoms with van der Waals surface area (Å²) in [6.07, 6.45) is 9.17. The molecule has 2 aromatic carbocycles. The molecule has 1 heterocycles. The highest BCUT2D eigenvalue weighted by molar-refractivity contribution is 7.96. The van der Waals surface area contributed by atoms with Gasteiger partial charge in [0.15, 0.2) is 0 Å². The summed E-state index contributed by atoms with van der Waals surface area (Å²) in [7, 11) is -2.20. The van der Waals surface area contributed by atoms with Crippen molar-refractivity contribution >= 4 is 33.3 Å². The van der Waals surface area contributed by atoms with Crippen LogP contribution in [0.15, 0.2) is 94.1 Å². The predicted molar refractivity (Wildman–Crippen MR) is 134 cm³/mol. The molecule has 1 aliphatic heterocycles. The Morgan fingerprint density at radius 1 is 0.971 bits per heavy atom. The van der Waals surface area contributed by atoms with E-state index in [4.69, 9.17) is 4.74 Å². The molecule has 7 nitrogen and oxygen atoms in total. The number of hydrogen-bond donors (Lipinski definition) is 2. The number of allylic oxidation sites excluding steroid dienone is 4. The van der Waals surface area contributed by atoms with Crippen LogP contribution < -0.4 is 10.6 Å². The minimum atomic E-state index is -3.80. The van der Waals surface area contributed by atoms with Gasteiger partial charge in [0.2, 0.25) is 9.84 Å². The van der Waals surface area contributed by atoms with Crippen molar-refractivity contribution in [3.63, 3.8) is 0 Å². The van der Waals surface area contributed by atoms with Gasteiger partial charge in [-0.05, 0) is 47.9 Å². The van der Waals surface area contributed by atoms with E-state index in [-0.39, 0.29) is 22.3 Å². The van der Waals surface area contributed by atoms with Crippen molar-refractivity contribution in [2.75, 3.05) is 20.2 Å². The summed E-state index contributed by atoms with van der Waals surface area (Å²) in [6, 6.07) is 13.7. The lowest BCUT2D eigenvalue weighted by atomic mass is 10.0. The van der Waals surface area contributed by atoms with E-state index in [2.05, 4.69) is 16.4 Å². The minimum Gasteiger partial charge on any atom is -0.495 e. The first-order chi connectivity index (χ1) is 16.9. The number of rotatable bonds is 8. The van der Waals surface area contributed by atoms with Crippen LogP contribution in [0.2, 0.25) is 0 Å². The van der Waals surface area contributed by atoms with Crippen molar-refractivity contribution in [1.82, 2.24) is 10.6 Å². The Hall–Kier alpha value is -4.13. The van der Waals surface area contributed by atoms with Gasteiger partial charge in [0, 0.05) is 30.3 Å². The second kappa shape index (κ2) is 10.4. The molecule has 0 spiro atoms. The molecule has 178 valence electrons. The van der Waals surface area contributed by atoms with Crippen LogP contribution in [-0.2, 0) is 19.4 Å². The van der Waals surface area contributed by atoms with Gasteiger partial charge in [-0.15, -0.1) is 5.73 Å². The molecule has 2 aromatic rings. The zero-order chi connectivity index (χ0) is 24.8. The number of hydrogen-bond acceptors (Lipinski definition) is 5. The van der Waals surface area contributed by atoms with Crippen LogP contribution in [-0.4, -0.2) is 40.4 Å². The Bertz CT molecular complexity index is 1420. The number of fused-ring (bicyclic) bond motifs is 1. The van der Waals surface area contributed by atoms with Crippen LogP contribution in [0.4, 0.5) is 0 Å². The third kappa shape index (κ3) is 5.19. The highest BCUT2D eigenvalue weighted by atomic mass is 32.2. The fourth-order valence-electron chi connectivity index (χ4n) is 3.74. The van der Waals surface area contributed by atoms with Crippen molar-refractivity contribution in [2.24, 2.45) is 0 Å². The van der Waals surface area contributed by atoms with Crippen molar-refractivity contribution in [3.05, 3.63) is 106 Å². The van der Waals surface area contributed by atoms with E-state index in [9.17, 15) is 18.0 Å². The van der Waals surface area contributed by atoms with Crippen LogP contribution in [0, 0.1) is 0 Å². The summed E-state index contributed by atoms with van der Waals surface area (Å²) < 4.78 is 30.5. The molecule has 35 heavy (non-hydrogen) atoms. The monoisotopic (exact) mass is 488 g/mol. The van der Waals surface area contributed by atoms with Gasteiger partial charge in [0.05, 0.1) is 12.0 Å². The standard InChI is InChI=1S/C27H24N2O5S/c1-34-23-10-4-2-3-9-22(23)19-12-14-20(15-13-19)26(30)28-16-7-17-29-27(31)25-18-21-8-5-6-11-24(21)35(25,32)33/h2-3,5-6,8-15,18H,7,16-17H2,1H3,(H,28,30)(H,29,31). The molecule has 1 aliphatic carbocycles. The molecule has 8 heteroatoms. The summed E-state index contributed by atoms with van der Waals surface area (Å²) in [5.74, 6) is -0.205. The van der Waals surface area contributed by atoms with Crippen LogP contribution in [0.3, 0.4) is 0 Å². The lowest BCUT2D eigenvalue weighted by molar-refractivity contribution is -0.116. The van der Waals surface area contributed by atoms with E-state index < -0.39 is 15.7 Å². The number of benzene rings is 2. The summed E-state index contributed by atoms with van der Waals surface area (Å²) in [5, 5.41) is 5.42. The average Bonchev–Trinajstić information content (AvgIpc) is 3.01. The second-order valence-electron chi connectivity index (χ2n) is 7.81. The molecular weight excluding hydrogens is 464 g/mol. The van der Waals surface area contributed by atoms with E-state index in [1.165, 1.54) is 12.1 Å². The van der Waals surface area contributed by atoms with E-state index in [1.807, 2.05) is 24.3 Å². The van der Waals surface area contributed by atoms with Crippen LogP contribution in [0.1, 0.15) is 27.9 Å². The third-order valence-corrected chi connectivity index (χ3v) is 7.38. The minimum absolute atomic E-state index is 0.140. The van der Waals surface area contributed by atoms with Crippen LogP contribution in [0.25, 0.3) is 11.6 Å². The number of methoxy groups -OCH3 is 1. The van der Waals surface area contributed by atoms with Gasteiger partial charge in [-0.25, -0.2) is 8.42 Å². The normalized spacial score (nSPS) is 15.3. The van der Waals surface area contributed by atoms with Crippen molar-refractivity contribution in [3.8, 4) is 0 Å². The molecule has 0 unspecified atom stereocenters. The van der Waals surface area contributed by atoms with E-state index >= 15 is 0 Å². The first-order valence-corrected chi connectivity index (χ1v) is 12.5. The van der Waals surface area contributed by atoms with E-state index in [1.54, 1.807) is 49.6 Å². The Kier molecular flexibility index (Phi) is 7.15. The fourth-order valence-corrected chi connectivity index (χ4v) is 5.27. The lowest BCUT2D eigenvalue weighted by Gasteiger charge is -2.10. The molecule has 2 aliphatic rings. The summed E-state index contributed by atoms with van der Waals surface area (Å²) in [4.78, 5) is 24.8. The molecule has 0 saturated carbocycles. The maximum atomic E-state index is 12.5. The van der Waals surface area contributed by atoms with Crippen molar-refractivity contribution in [2.45, 2.75) is 11.3 Å². The molecule has 0 atom stereocenters. The van der Waals surface area contributed by atoms with Gasteiger partial charge >= 0.3 is 0 Å². The van der Waals surface area contributed by atoms with Crippen molar-refractivity contribution < 1.29 is 22.7 Å². The third-order valence-electron chi connectivity index (χ3n) is 5.55. The molecule has 0 saturated heterocycles. The smallest absolute Gasteiger partial charge is 0.263 e. The summed E-state index contributed by atoms with van der Waals surface area (Å²) in [6.45, 7) is 0.550. The van der Waals surface area contributed by atoms with Gasteiger partial charge in [0.1, 0.15) is 10.7 Å². The topological polar surface area (TPSA) is 102 Å². The number of nitrogens with one attached hydrogen (secondary N) is 2. The van der Waals surface area contributed by atoms with E-state index in [0.717, 1.165) is 11.1 Å². The predicted octanol–water partition coefficient (Wildman–Crippen LogP) is 3.39. The first kappa shape index (κ1) is 24.0. The second-order valence-corrected chi connectivity index (χ2v) is 9.70. The molecule has 4 rings (SSSR count). The summed E-state index contributed by atoms with van der Waals surface area (Å²) in [5.41, 5.74) is 5.81. The number of carbonyl (C=O) groups excluding carboxylic acids is 2. The lowest BCUT2D eigenvalue weighted by Crippen LogP contribution is -2.31. The molecule has 0 aromatic heterocycles. The number of ether oxygens (including phenoxy) is 1. The zero-order valence-electron chi connectivity index (χ0n) is 19.1. The number of carbonyl (C=O) groups is 2. The SMILES string of the molecule is COC1=C(c2ccc(C(=O)NCCCNC(=O)C3=Cc4ccccc4S3(=O)=O)cc2)C=CC=C=C1. The quantitative estimate of drug-likeness (QED) is 0.438. The number of sulfone groups is 1. The maximum absolute atomic E-state index is 12.5. The summed E-state index contributed by atoms with van der Waals surface area (Å²) >= 11 is 0. The zero-order valence-corrected chi connectivity index (χ0v) is 19.9. The maximum Gasteiger partial charge on any atom is 0.263 e. The molecule has 0 radical (unpaired) electrons. The van der Waals surface area contributed by atoms with Gasteiger partial charge in [-0.3, -0.25) is 9.59 Å². The van der Waals surface area contributed by atoms with Crippen LogP contribution >= 0.6 is 0 Å². The Labute approximate surface area is 204 Å². The van der Waals surface area contributed by atoms with E-state index in [0.29, 0.717) is 29.9 Å². The highest BCUT2D eigenvalue weighted by Crippen LogP contribution is 2.32. The first-order valence-electron chi connectivity index (χ1n) is 11.0. The Morgan fingerprint density at radius 2 is 1.69 bits per heavy atom. The van der Waals surface area contributed by atoms with Gasteiger partial charge < -0.3 is 15.4 Å². The van der Waals surface area contributed by atoms with Crippen molar-refractivity contribution in [1.29, 1.82) is 0 Å². The highest BCUT2D eigenvalue weighted by Gasteiger charge is 2.33. The molecule has 0 bridgehead atoms. The Balaban J connectivity index is 1.26. The van der Waals surface area contributed by atoms with Gasteiger partial charge in [-0.1, -0.05) is 42.5 Å². The molecular formula is C27H24N2O5S. The largest absolute Gasteiger partial charge is 0.495 e. The molecule has 2 N–H and O–H groups in total. The fraction of sp³-hybridized carbons (Fsp3) is 0.148.